The molecule has 1 aromatic rings. The van der Waals surface area contributed by atoms with Gasteiger partial charge in [0.1, 0.15) is 6.54 Å². The molecule has 1 saturated heterocycles. The molecule has 2 rings (SSSR count). The van der Waals surface area contributed by atoms with Gasteiger partial charge >= 0.3 is 6.18 Å². The molecule has 130 valence electrons. The molecular weight excluding hydrogens is 313 g/mol. The number of amides is 1. The summed E-state index contributed by atoms with van der Waals surface area (Å²) in [6, 6.07) is 0.963. The first-order valence-corrected chi connectivity index (χ1v) is 7.30. The van der Waals surface area contributed by atoms with Crippen LogP contribution in [0.25, 0.3) is 0 Å². The summed E-state index contributed by atoms with van der Waals surface area (Å²) in [6.07, 6.45) is -4.52. The fourth-order valence-corrected chi connectivity index (χ4v) is 2.86. The number of hydrogen-bond acceptors (Lipinski definition) is 4. The van der Waals surface area contributed by atoms with Crippen molar-refractivity contribution in [1.82, 2.24) is 19.6 Å². The Morgan fingerprint density at radius 3 is 2.52 bits per heavy atom. The number of aryl methyl sites for hydroxylation is 1. The quantitative estimate of drug-likeness (QED) is 0.876. The van der Waals surface area contributed by atoms with E-state index in [0.717, 1.165) is 10.7 Å². The number of carbonyl (C=O) groups is 1. The minimum absolute atomic E-state index is 0.0356. The molecule has 0 unspecified atom stereocenters. The number of alkyl halides is 3. The van der Waals surface area contributed by atoms with Gasteiger partial charge in [-0.3, -0.25) is 9.48 Å². The van der Waals surface area contributed by atoms with Crippen molar-refractivity contribution in [3.05, 3.63) is 17.5 Å². The molecular formula is C14H21F3N4O2. The maximum Gasteiger partial charge on any atom is 0.435 e. The maximum absolute atomic E-state index is 12.7. The molecule has 1 aromatic heterocycles. The number of hydrogen-bond donors (Lipinski definition) is 1. The summed E-state index contributed by atoms with van der Waals surface area (Å²) in [5.74, 6) is -0.355. The number of halogens is 3. The Bertz CT molecular complexity index is 571. The average Bonchev–Trinajstić information content (AvgIpc) is 3.02. The number of rotatable bonds is 4. The predicted octanol–water partition coefficient (Wildman–Crippen LogP) is 0.591. The summed E-state index contributed by atoms with van der Waals surface area (Å²) in [7, 11) is 3.74. The SMILES string of the molecule is Cc1cc(C(F)(F)F)nn1CC(=O)N1C[C@@H](CO)[C@H](N(C)C)C1. The molecule has 9 heteroatoms. The maximum atomic E-state index is 12.7. The van der Waals surface area contributed by atoms with Crippen molar-refractivity contribution in [2.45, 2.75) is 25.7 Å². The van der Waals surface area contributed by atoms with Gasteiger partial charge in [0.15, 0.2) is 5.69 Å². The Morgan fingerprint density at radius 2 is 2.09 bits per heavy atom. The van der Waals surface area contributed by atoms with Crippen LogP contribution < -0.4 is 0 Å². The van der Waals surface area contributed by atoms with Gasteiger partial charge in [-0.25, -0.2) is 0 Å². The first-order chi connectivity index (χ1) is 10.6. The van der Waals surface area contributed by atoms with Gasteiger partial charge in [-0.15, -0.1) is 0 Å². The minimum Gasteiger partial charge on any atom is -0.396 e. The van der Waals surface area contributed by atoms with Gasteiger partial charge in [-0.05, 0) is 27.1 Å². The second-order valence-corrected chi connectivity index (χ2v) is 6.10. The summed E-state index contributed by atoms with van der Waals surface area (Å²) >= 11 is 0. The topological polar surface area (TPSA) is 61.6 Å². The van der Waals surface area contributed by atoms with Crippen molar-refractivity contribution < 1.29 is 23.1 Å². The molecule has 0 bridgehead atoms. The normalized spacial score (nSPS) is 22.2. The van der Waals surface area contributed by atoms with Crippen molar-refractivity contribution in [3.63, 3.8) is 0 Å². The monoisotopic (exact) mass is 334 g/mol. The van der Waals surface area contributed by atoms with E-state index in [1.165, 1.54) is 6.92 Å². The third-order valence-corrected chi connectivity index (χ3v) is 4.21. The van der Waals surface area contributed by atoms with E-state index in [9.17, 15) is 23.1 Å². The Kier molecular flexibility index (Phi) is 5.00. The smallest absolute Gasteiger partial charge is 0.396 e. The summed E-state index contributed by atoms with van der Waals surface area (Å²) in [5, 5.41) is 12.9. The van der Waals surface area contributed by atoms with Crippen LogP contribution in [0.15, 0.2) is 6.07 Å². The molecule has 2 heterocycles. The molecule has 1 N–H and O–H groups in total. The lowest BCUT2D eigenvalue weighted by Crippen LogP contribution is -2.37. The number of aliphatic hydroxyl groups excluding tert-OH is 1. The van der Waals surface area contributed by atoms with Crippen molar-refractivity contribution in [2.24, 2.45) is 5.92 Å². The molecule has 1 aliphatic heterocycles. The van der Waals surface area contributed by atoms with Crippen LogP contribution in [0.2, 0.25) is 0 Å². The summed E-state index contributed by atoms with van der Waals surface area (Å²) < 4.78 is 39.0. The van der Waals surface area contributed by atoms with Gasteiger partial charge in [0.25, 0.3) is 0 Å². The van der Waals surface area contributed by atoms with Gasteiger partial charge < -0.3 is 14.9 Å². The summed E-state index contributed by atoms with van der Waals surface area (Å²) in [6.45, 7) is 2.05. The zero-order valence-corrected chi connectivity index (χ0v) is 13.3. The van der Waals surface area contributed by atoms with Gasteiger partial charge in [-0.1, -0.05) is 0 Å². The van der Waals surface area contributed by atoms with E-state index >= 15 is 0 Å². The first-order valence-electron chi connectivity index (χ1n) is 7.30. The highest BCUT2D eigenvalue weighted by Gasteiger charge is 2.37. The first kappa shape index (κ1) is 17.7. The van der Waals surface area contributed by atoms with E-state index in [1.54, 1.807) is 4.90 Å². The molecule has 0 aliphatic carbocycles. The number of aliphatic hydroxyl groups is 1. The van der Waals surface area contributed by atoms with Gasteiger partial charge in [0, 0.05) is 37.4 Å². The number of likely N-dealkylation sites (tertiary alicyclic amines) is 1. The standard InChI is InChI=1S/C14H21F3N4O2/c1-9-4-12(14(15,16)17)18-21(9)7-13(23)20-5-10(8-22)11(6-20)19(2)3/h4,10-11,22H,5-8H2,1-3H3/t10-,11+/m0/s1. The van der Waals surface area contributed by atoms with Crippen LogP contribution in [0.3, 0.4) is 0 Å². The Morgan fingerprint density at radius 1 is 1.43 bits per heavy atom. The second-order valence-electron chi connectivity index (χ2n) is 6.10. The van der Waals surface area contributed by atoms with Crippen molar-refractivity contribution in [3.8, 4) is 0 Å². The second kappa shape index (κ2) is 6.48. The molecule has 2 atom stereocenters. The molecule has 23 heavy (non-hydrogen) atoms. The third-order valence-electron chi connectivity index (χ3n) is 4.21. The highest BCUT2D eigenvalue weighted by Crippen LogP contribution is 2.28. The highest BCUT2D eigenvalue weighted by atomic mass is 19.4. The van der Waals surface area contributed by atoms with Gasteiger partial charge in [-0.2, -0.15) is 18.3 Å². The average molecular weight is 334 g/mol. The van der Waals surface area contributed by atoms with Gasteiger partial charge in [0.05, 0.1) is 0 Å². The molecule has 1 fully saturated rings. The zero-order chi connectivity index (χ0) is 17.4. The van der Waals surface area contributed by atoms with Crippen molar-refractivity contribution >= 4 is 5.91 Å². The molecule has 1 aliphatic rings. The van der Waals surface area contributed by atoms with Crippen LogP contribution in [0.4, 0.5) is 13.2 Å². The largest absolute Gasteiger partial charge is 0.435 e. The Hall–Kier alpha value is -1.61. The van der Waals surface area contributed by atoms with Crippen LogP contribution in [0, 0.1) is 12.8 Å². The molecule has 0 spiro atoms. The molecule has 6 nitrogen and oxygen atoms in total. The van der Waals surface area contributed by atoms with Crippen LogP contribution in [-0.2, 0) is 17.5 Å². The van der Waals surface area contributed by atoms with E-state index in [4.69, 9.17) is 0 Å². The lowest BCUT2D eigenvalue weighted by atomic mass is 10.0. The molecule has 0 radical (unpaired) electrons. The molecule has 1 amide bonds. The molecule has 0 aromatic carbocycles. The minimum atomic E-state index is -4.52. The van der Waals surface area contributed by atoms with Crippen LogP contribution in [0.1, 0.15) is 11.4 Å². The fourth-order valence-electron chi connectivity index (χ4n) is 2.86. The van der Waals surface area contributed by atoms with E-state index in [1.807, 2.05) is 19.0 Å². The summed E-state index contributed by atoms with van der Waals surface area (Å²) in [4.78, 5) is 15.8. The number of aromatic nitrogens is 2. The predicted molar refractivity (Wildman–Crippen MR) is 76.6 cm³/mol. The number of likely N-dealkylation sites (N-methyl/N-ethyl adjacent to an activating group) is 1. The van der Waals surface area contributed by atoms with E-state index in [2.05, 4.69) is 5.10 Å². The summed E-state index contributed by atoms with van der Waals surface area (Å²) in [5.41, 5.74) is -0.712. The number of nitrogens with zero attached hydrogens (tertiary/aromatic N) is 4. The van der Waals surface area contributed by atoms with E-state index in [-0.39, 0.29) is 36.7 Å². The van der Waals surface area contributed by atoms with Crippen LogP contribution in [0.5, 0.6) is 0 Å². The van der Waals surface area contributed by atoms with Crippen molar-refractivity contribution in [1.29, 1.82) is 0 Å². The lowest BCUT2D eigenvalue weighted by molar-refractivity contribution is -0.142. The Labute approximate surface area is 132 Å². The number of carbonyl (C=O) groups excluding carboxylic acids is 1. The molecule has 0 saturated carbocycles. The fraction of sp³-hybridized carbons (Fsp3) is 0.714. The highest BCUT2D eigenvalue weighted by molar-refractivity contribution is 5.76. The Balaban J connectivity index is 2.07. The van der Waals surface area contributed by atoms with Crippen LogP contribution in [-0.4, -0.2) is 70.4 Å². The van der Waals surface area contributed by atoms with Crippen LogP contribution >= 0.6 is 0 Å². The zero-order valence-electron chi connectivity index (χ0n) is 13.3. The lowest BCUT2D eigenvalue weighted by Gasteiger charge is -2.23. The van der Waals surface area contributed by atoms with Gasteiger partial charge in [0.2, 0.25) is 5.91 Å². The van der Waals surface area contributed by atoms with E-state index in [0.29, 0.717) is 13.1 Å². The third kappa shape index (κ3) is 3.84. The van der Waals surface area contributed by atoms with Crippen molar-refractivity contribution in [2.75, 3.05) is 33.8 Å². The van der Waals surface area contributed by atoms with E-state index < -0.39 is 11.9 Å².